The molecule has 0 saturated heterocycles. The van der Waals surface area contributed by atoms with Crippen LogP contribution in [0.15, 0.2) is 48.9 Å². The number of aromatic nitrogens is 4. The number of alkyl halides is 2. The Morgan fingerprint density at radius 2 is 1.85 bits per heavy atom. The molecule has 0 aliphatic heterocycles. The first-order chi connectivity index (χ1) is 9.66. The van der Waals surface area contributed by atoms with Crippen LogP contribution < -0.4 is 0 Å². The highest BCUT2D eigenvalue weighted by molar-refractivity contribution is 5.66. The van der Waals surface area contributed by atoms with Crippen LogP contribution in [0.3, 0.4) is 0 Å². The van der Waals surface area contributed by atoms with Gasteiger partial charge in [-0.15, -0.1) is 0 Å². The van der Waals surface area contributed by atoms with Gasteiger partial charge in [-0.1, -0.05) is 12.1 Å². The van der Waals surface area contributed by atoms with Crippen molar-refractivity contribution in [2.24, 2.45) is 0 Å². The lowest BCUT2D eigenvalue weighted by atomic mass is 10.1. The average molecular weight is 274 g/mol. The van der Waals surface area contributed by atoms with Crippen LogP contribution in [0.2, 0.25) is 0 Å². The van der Waals surface area contributed by atoms with E-state index in [1.54, 1.807) is 17.8 Å². The molecular formula is C14H12F2N4. The smallest absolute Gasteiger partial charge is 0.241 e. The number of nitrogens with zero attached hydrogens (tertiary/aromatic N) is 4. The minimum atomic E-state index is -2.62. The Bertz CT molecular complexity index is 699. The van der Waals surface area contributed by atoms with E-state index in [0.29, 0.717) is 11.3 Å². The molecule has 3 rings (SSSR count). The Labute approximate surface area is 114 Å². The molecule has 2 heterocycles. The maximum atomic E-state index is 12.7. The Morgan fingerprint density at radius 1 is 1.10 bits per heavy atom. The van der Waals surface area contributed by atoms with Gasteiger partial charge in [0.15, 0.2) is 0 Å². The Kier molecular flexibility index (Phi) is 3.06. The largest absolute Gasteiger partial charge is 0.333 e. The van der Waals surface area contributed by atoms with Crippen molar-refractivity contribution in [3.8, 4) is 16.8 Å². The molecule has 102 valence electrons. The Balaban J connectivity index is 1.96. The lowest BCUT2D eigenvalue weighted by molar-refractivity contribution is 0.0545. The summed E-state index contributed by atoms with van der Waals surface area (Å²) in [5, 5.41) is 7.85. The normalized spacial score (nSPS) is 11.2. The van der Waals surface area contributed by atoms with Crippen LogP contribution in [0, 0.1) is 6.92 Å². The van der Waals surface area contributed by atoms with Crippen LogP contribution in [-0.2, 0) is 0 Å². The topological polar surface area (TPSA) is 35.6 Å². The molecule has 0 aliphatic rings. The van der Waals surface area contributed by atoms with Crippen molar-refractivity contribution in [2.75, 3.05) is 0 Å². The summed E-state index contributed by atoms with van der Waals surface area (Å²) in [4.78, 5) is 0. The summed E-state index contributed by atoms with van der Waals surface area (Å²) >= 11 is 0. The second kappa shape index (κ2) is 4.88. The van der Waals surface area contributed by atoms with Crippen molar-refractivity contribution in [2.45, 2.75) is 13.5 Å². The number of hydrogen-bond donors (Lipinski definition) is 0. The maximum absolute atomic E-state index is 12.7. The van der Waals surface area contributed by atoms with E-state index in [9.17, 15) is 8.78 Å². The van der Waals surface area contributed by atoms with Crippen molar-refractivity contribution in [3.63, 3.8) is 0 Å². The monoisotopic (exact) mass is 274 g/mol. The predicted molar refractivity (Wildman–Crippen MR) is 70.8 cm³/mol. The lowest BCUT2D eigenvalue weighted by Crippen LogP contribution is -2.02. The average Bonchev–Trinajstić information content (AvgIpc) is 3.08. The highest BCUT2D eigenvalue weighted by Gasteiger charge is 2.14. The predicted octanol–water partition coefficient (Wildman–Crippen LogP) is 3.44. The molecule has 0 spiro atoms. The molecule has 0 radical (unpaired) electrons. The number of rotatable bonds is 3. The van der Waals surface area contributed by atoms with E-state index in [0.717, 1.165) is 15.9 Å². The van der Waals surface area contributed by atoms with Crippen LogP contribution in [0.4, 0.5) is 8.78 Å². The number of benzene rings is 1. The third kappa shape index (κ3) is 2.09. The number of halogens is 2. The van der Waals surface area contributed by atoms with E-state index in [2.05, 4.69) is 10.2 Å². The van der Waals surface area contributed by atoms with Gasteiger partial charge in [-0.2, -0.15) is 19.0 Å². The molecule has 0 fully saturated rings. The minimum absolute atomic E-state index is 0.451. The summed E-state index contributed by atoms with van der Waals surface area (Å²) in [6.45, 7) is -0.984. The molecule has 0 unspecified atom stereocenters. The molecule has 6 heteroatoms. The first kappa shape index (κ1) is 12.5. The molecule has 0 bridgehead atoms. The molecule has 4 nitrogen and oxygen atoms in total. The highest BCUT2D eigenvalue weighted by atomic mass is 19.3. The molecule has 0 atom stereocenters. The molecule has 0 saturated carbocycles. The van der Waals surface area contributed by atoms with Gasteiger partial charge in [-0.3, -0.25) is 0 Å². The third-order valence-electron chi connectivity index (χ3n) is 3.18. The van der Waals surface area contributed by atoms with E-state index in [-0.39, 0.29) is 0 Å². The fourth-order valence-electron chi connectivity index (χ4n) is 2.12. The van der Waals surface area contributed by atoms with Crippen LogP contribution >= 0.6 is 0 Å². The molecule has 0 aliphatic carbocycles. The van der Waals surface area contributed by atoms with Gasteiger partial charge in [0.05, 0.1) is 11.9 Å². The Hall–Kier alpha value is -2.50. The summed E-state index contributed by atoms with van der Waals surface area (Å²) in [5.74, 6) is 0. The van der Waals surface area contributed by atoms with Crippen molar-refractivity contribution < 1.29 is 8.78 Å². The maximum Gasteiger partial charge on any atom is 0.333 e. The molecule has 3 aromatic rings. The lowest BCUT2D eigenvalue weighted by Gasteiger charge is -2.05. The summed E-state index contributed by atoms with van der Waals surface area (Å²) in [7, 11) is 0. The van der Waals surface area contributed by atoms with E-state index in [4.69, 9.17) is 0 Å². The van der Waals surface area contributed by atoms with E-state index in [1.165, 1.54) is 6.20 Å². The van der Waals surface area contributed by atoms with Gasteiger partial charge in [-0.25, -0.2) is 9.36 Å². The third-order valence-corrected chi connectivity index (χ3v) is 3.18. The van der Waals surface area contributed by atoms with E-state index >= 15 is 0 Å². The van der Waals surface area contributed by atoms with Crippen LogP contribution in [0.1, 0.15) is 12.2 Å². The van der Waals surface area contributed by atoms with Crippen LogP contribution in [-0.4, -0.2) is 19.6 Å². The van der Waals surface area contributed by atoms with Crippen LogP contribution in [0.25, 0.3) is 16.8 Å². The highest BCUT2D eigenvalue weighted by Crippen LogP contribution is 2.26. The standard InChI is InChI=1S/C14H12F2N4/c1-10-13(9-18-20(10)14(15)16)11-3-5-12(6-4-11)19-8-2-7-17-19/h2-9,14H,1H3. The van der Waals surface area contributed by atoms with Crippen LogP contribution in [0.5, 0.6) is 0 Å². The van der Waals surface area contributed by atoms with Gasteiger partial charge in [0.25, 0.3) is 0 Å². The quantitative estimate of drug-likeness (QED) is 0.733. The van der Waals surface area contributed by atoms with Crippen molar-refractivity contribution >= 4 is 0 Å². The zero-order valence-corrected chi connectivity index (χ0v) is 10.7. The molecule has 0 N–H and O–H groups in total. The molecule has 1 aromatic carbocycles. The first-order valence-corrected chi connectivity index (χ1v) is 6.09. The van der Waals surface area contributed by atoms with Gasteiger partial charge in [0.1, 0.15) is 0 Å². The van der Waals surface area contributed by atoms with Crippen molar-refractivity contribution in [1.29, 1.82) is 0 Å². The van der Waals surface area contributed by atoms with Gasteiger partial charge >= 0.3 is 6.55 Å². The first-order valence-electron chi connectivity index (χ1n) is 6.09. The van der Waals surface area contributed by atoms with Gasteiger partial charge in [0.2, 0.25) is 0 Å². The van der Waals surface area contributed by atoms with Crippen molar-refractivity contribution in [3.05, 3.63) is 54.6 Å². The minimum Gasteiger partial charge on any atom is -0.241 e. The molecule has 2 aromatic heterocycles. The molecular weight excluding hydrogens is 262 g/mol. The van der Waals surface area contributed by atoms with Gasteiger partial charge in [-0.05, 0) is 30.7 Å². The second-order valence-corrected chi connectivity index (χ2v) is 4.36. The van der Waals surface area contributed by atoms with E-state index in [1.807, 2.05) is 36.5 Å². The van der Waals surface area contributed by atoms with Crippen molar-refractivity contribution in [1.82, 2.24) is 19.6 Å². The van der Waals surface area contributed by atoms with E-state index < -0.39 is 6.55 Å². The molecule has 0 amide bonds. The number of hydrogen-bond acceptors (Lipinski definition) is 2. The zero-order valence-electron chi connectivity index (χ0n) is 10.7. The Morgan fingerprint density at radius 3 is 2.40 bits per heavy atom. The SMILES string of the molecule is Cc1c(-c2ccc(-n3cccn3)cc2)cnn1C(F)F. The summed E-state index contributed by atoms with van der Waals surface area (Å²) in [6, 6.07) is 9.36. The summed E-state index contributed by atoms with van der Waals surface area (Å²) < 4.78 is 27.8. The van der Waals surface area contributed by atoms with Gasteiger partial charge in [0, 0.05) is 23.7 Å². The fourth-order valence-corrected chi connectivity index (χ4v) is 2.12. The summed E-state index contributed by atoms with van der Waals surface area (Å²) in [6.07, 6.45) is 5.00. The molecule has 20 heavy (non-hydrogen) atoms. The summed E-state index contributed by atoms with van der Waals surface area (Å²) in [5.41, 5.74) is 2.92. The zero-order chi connectivity index (χ0) is 14.1. The second-order valence-electron chi connectivity index (χ2n) is 4.36. The van der Waals surface area contributed by atoms with Gasteiger partial charge < -0.3 is 0 Å². The fraction of sp³-hybridized carbons (Fsp3) is 0.143.